The highest BCUT2D eigenvalue weighted by molar-refractivity contribution is 5.83. The minimum atomic E-state index is -0.400. The van der Waals surface area contributed by atoms with Crippen LogP contribution in [-0.4, -0.2) is 16.7 Å². The van der Waals surface area contributed by atoms with E-state index in [0.717, 1.165) is 5.56 Å². The van der Waals surface area contributed by atoms with Gasteiger partial charge in [0.15, 0.2) is 0 Å². The highest BCUT2D eigenvalue weighted by Gasteiger charge is 2.19. The lowest BCUT2D eigenvalue weighted by Gasteiger charge is -2.14. The van der Waals surface area contributed by atoms with Gasteiger partial charge >= 0.3 is 0 Å². The van der Waals surface area contributed by atoms with Crippen molar-refractivity contribution in [2.75, 3.05) is 6.54 Å². The number of benzene rings is 2. The number of fused-ring (bicyclic) bond motifs is 1. The molecule has 0 amide bonds. The number of halogens is 2. The molecule has 3 aromatic rings. The molecule has 4 rings (SSSR count). The Hall–Kier alpha value is -2.92. The number of rotatable bonds is 2. The largest absolute Gasteiger partial charge is 0.309 e. The van der Waals surface area contributed by atoms with Gasteiger partial charge in [-0.2, -0.15) is 10.2 Å². The van der Waals surface area contributed by atoms with Crippen LogP contribution < -0.4 is 5.32 Å². The van der Waals surface area contributed by atoms with Gasteiger partial charge in [-0.15, -0.1) is 0 Å². The van der Waals surface area contributed by atoms with Gasteiger partial charge in [0.2, 0.25) is 0 Å². The first kappa shape index (κ1) is 15.6. The van der Waals surface area contributed by atoms with Crippen LogP contribution in [-0.2, 0) is 6.54 Å². The third-order valence-corrected chi connectivity index (χ3v) is 4.26. The molecule has 0 spiro atoms. The molecule has 0 unspecified atom stereocenters. The van der Waals surface area contributed by atoms with Crippen LogP contribution in [0.25, 0.3) is 16.8 Å². The summed E-state index contributed by atoms with van der Waals surface area (Å²) in [5.74, 6) is -0.719. The van der Waals surface area contributed by atoms with Crippen LogP contribution in [0, 0.1) is 11.6 Å². The lowest BCUT2D eigenvalue weighted by atomic mass is 9.91. The molecule has 3 nitrogen and oxygen atoms in total. The molecule has 0 bridgehead atoms. The van der Waals surface area contributed by atoms with E-state index in [2.05, 4.69) is 15.5 Å². The fourth-order valence-corrected chi connectivity index (χ4v) is 3.08. The molecule has 25 heavy (non-hydrogen) atoms. The van der Waals surface area contributed by atoms with Gasteiger partial charge in [0.1, 0.15) is 11.6 Å². The Morgan fingerprint density at radius 1 is 0.880 bits per heavy atom. The normalized spacial score (nSPS) is 13.8. The van der Waals surface area contributed by atoms with Gasteiger partial charge in [-0.05, 0) is 47.0 Å². The molecule has 5 heteroatoms. The molecule has 0 aliphatic carbocycles. The molecular weight excluding hydrogens is 320 g/mol. The molecule has 1 aliphatic rings. The van der Waals surface area contributed by atoms with Crippen molar-refractivity contribution in [1.29, 1.82) is 0 Å². The van der Waals surface area contributed by atoms with Crippen LogP contribution in [0.4, 0.5) is 8.78 Å². The summed E-state index contributed by atoms with van der Waals surface area (Å²) in [6, 6.07) is 13.2. The van der Waals surface area contributed by atoms with Crippen LogP contribution in [0.3, 0.4) is 0 Å². The molecule has 0 saturated heterocycles. The van der Waals surface area contributed by atoms with E-state index in [-0.39, 0.29) is 5.82 Å². The molecule has 0 fully saturated rings. The summed E-state index contributed by atoms with van der Waals surface area (Å²) >= 11 is 0. The average Bonchev–Trinajstić information content (AvgIpc) is 2.84. The number of hydrogen-bond acceptors (Lipinski definition) is 3. The second-order valence-corrected chi connectivity index (χ2v) is 5.83. The zero-order chi connectivity index (χ0) is 17.2. The van der Waals surface area contributed by atoms with Gasteiger partial charge in [-0.3, -0.25) is 0 Å². The van der Waals surface area contributed by atoms with E-state index in [1.54, 1.807) is 42.6 Å². The Balaban J connectivity index is 1.88. The summed E-state index contributed by atoms with van der Waals surface area (Å²) in [4.78, 5) is 0. The number of nitrogens with one attached hydrogen (secondary N) is 1. The third-order valence-electron chi connectivity index (χ3n) is 4.26. The monoisotopic (exact) mass is 335 g/mol. The van der Waals surface area contributed by atoms with Crippen molar-refractivity contribution >= 4 is 5.57 Å². The topological polar surface area (TPSA) is 37.8 Å². The lowest BCUT2D eigenvalue weighted by molar-refractivity contribution is 0.623. The van der Waals surface area contributed by atoms with Crippen LogP contribution in [0.5, 0.6) is 0 Å². The Labute approximate surface area is 144 Å². The SMILES string of the molecule is Fc1ccccc1C1=CCNCc2cc(-c3cccnn3)c(F)cc21. The molecule has 1 aromatic heterocycles. The molecule has 0 radical (unpaired) electrons. The van der Waals surface area contributed by atoms with E-state index in [9.17, 15) is 8.78 Å². The second kappa shape index (κ2) is 6.53. The van der Waals surface area contributed by atoms with E-state index in [4.69, 9.17) is 0 Å². The van der Waals surface area contributed by atoms with Crippen molar-refractivity contribution in [2.24, 2.45) is 0 Å². The third kappa shape index (κ3) is 2.94. The smallest absolute Gasteiger partial charge is 0.133 e. The fourth-order valence-electron chi connectivity index (χ4n) is 3.08. The van der Waals surface area contributed by atoms with E-state index >= 15 is 0 Å². The van der Waals surface area contributed by atoms with Crippen molar-refractivity contribution in [3.8, 4) is 11.3 Å². The molecule has 0 saturated carbocycles. The number of nitrogens with zero attached hydrogens (tertiary/aromatic N) is 2. The Bertz CT molecular complexity index is 952. The first-order valence-electron chi connectivity index (χ1n) is 8.00. The summed E-state index contributed by atoms with van der Waals surface area (Å²) in [5.41, 5.74) is 3.63. The Morgan fingerprint density at radius 2 is 1.76 bits per heavy atom. The zero-order valence-electron chi connectivity index (χ0n) is 13.3. The van der Waals surface area contributed by atoms with Gasteiger partial charge in [-0.1, -0.05) is 24.3 Å². The molecule has 1 N–H and O–H groups in total. The van der Waals surface area contributed by atoms with Gasteiger partial charge in [0.05, 0.1) is 5.69 Å². The molecule has 1 aliphatic heterocycles. The van der Waals surface area contributed by atoms with Crippen molar-refractivity contribution < 1.29 is 8.78 Å². The van der Waals surface area contributed by atoms with Gasteiger partial charge in [0, 0.05) is 30.4 Å². The quantitative estimate of drug-likeness (QED) is 0.770. The van der Waals surface area contributed by atoms with E-state index in [1.807, 2.05) is 6.08 Å². The Kier molecular flexibility index (Phi) is 4.07. The molecule has 0 atom stereocenters. The summed E-state index contributed by atoms with van der Waals surface area (Å²) in [5, 5.41) is 11.1. The predicted octanol–water partition coefficient (Wildman–Crippen LogP) is 3.96. The van der Waals surface area contributed by atoms with E-state index in [1.165, 1.54) is 12.1 Å². The van der Waals surface area contributed by atoms with Crippen LogP contribution in [0.15, 0.2) is 60.8 Å². The van der Waals surface area contributed by atoms with Crippen molar-refractivity contribution in [3.05, 3.63) is 89.1 Å². The first-order valence-corrected chi connectivity index (χ1v) is 8.00. The van der Waals surface area contributed by atoms with Crippen molar-refractivity contribution in [1.82, 2.24) is 15.5 Å². The van der Waals surface area contributed by atoms with E-state index < -0.39 is 5.82 Å². The average molecular weight is 335 g/mol. The van der Waals surface area contributed by atoms with Crippen LogP contribution in [0.2, 0.25) is 0 Å². The maximum Gasteiger partial charge on any atom is 0.133 e. The zero-order valence-corrected chi connectivity index (χ0v) is 13.3. The highest BCUT2D eigenvalue weighted by Crippen LogP contribution is 2.33. The van der Waals surface area contributed by atoms with Gasteiger partial charge < -0.3 is 5.32 Å². The molecule has 2 heterocycles. The molecular formula is C20H15F2N3. The lowest BCUT2D eigenvalue weighted by Crippen LogP contribution is -2.11. The summed E-state index contributed by atoms with van der Waals surface area (Å²) in [6.45, 7) is 1.15. The Morgan fingerprint density at radius 3 is 2.56 bits per heavy atom. The maximum absolute atomic E-state index is 14.8. The highest BCUT2D eigenvalue weighted by atomic mass is 19.1. The number of aromatic nitrogens is 2. The molecule has 124 valence electrons. The summed E-state index contributed by atoms with van der Waals surface area (Å²) < 4.78 is 29.0. The summed E-state index contributed by atoms with van der Waals surface area (Å²) in [6.07, 6.45) is 3.44. The number of hydrogen-bond donors (Lipinski definition) is 1. The second-order valence-electron chi connectivity index (χ2n) is 5.83. The van der Waals surface area contributed by atoms with E-state index in [0.29, 0.717) is 41.0 Å². The maximum atomic E-state index is 14.8. The first-order chi connectivity index (χ1) is 12.2. The van der Waals surface area contributed by atoms with Crippen molar-refractivity contribution in [3.63, 3.8) is 0 Å². The van der Waals surface area contributed by atoms with Gasteiger partial charge in [0.25, 0.3) is 0 Å². The molecule has 2 aromatic carbocycles. The predicted molar refractivity (Wildman–Crippen MR) is 92.6 cm³/mol. The minimum absolute atomic E-state index is 0.319. The minimum Gasteiger partial charge on any atom is -0.309 e. The van der Waals surface area contributed by atoms with Crippen LogP contribution >= 0.6 is 0 Å². The van der Waals surface area contributed by atoms with Crippen LogP contribution in [0.1, 0.15) is 16.7 Å². The standard InChI is InChI=1S/C20H15F2N3/c21-18-5-2-1-4-15(18)14-7-9-23-12-13-10-17(19(22)11-16(13)14)20-6-3-8-24-25-20/h1-8,10-11,23H,9,12H2. The fraction of sp³-hybridized carbons (Fsp3) is 0.100. The summed E-state index contributed by atoms with van der Waals surface area (Å²) in [7, 11) is 0. The van der Waals surface area contributed by atoms with Crippen molar-refractivity contribution in [2.45, 2.75) is 6.54 Å². The van der Waals surface area contributed by atoms with Gasteiger partial charge in [-0.25, -0.2) is 8.78 Å².